The Morgan fingerprint density at radius 2 is 1.55 bits per heavy atom. The van der Waals surface area contributed by atoms with Crippen molar-refractivity contribution in [3.05, 3.63) is 89.5 Å². The number of benzene rings is 2. The van der Waals surface area contributed by atoms with Gasteiger partial charge in [-0.15, -0.1) is 0 Å². The molecule has 5 nitrogen and oxygen atoms in total. The van der Waals surface area contributed by atoms with Crippen molar-refractivity contribution in [1.29, 1.82) is 0 Å². The lowest BCUT2D eigenvalue weighted by Crippen LogP contribution is -2.44. The lowest BCUT2D eigenvalue weighted by atomic mass is 9.99. The smallest absolute Gasteiger partial charge is 0.261 e. The Morgan fingerprint density at radius 3 is 2.18 bits per heavy atom. The van der Waals surface area contributed by atoms with E-state index in [1.54, 1.807) is 0 Å². The molecule has 0 saturated heterocycles. The Labute approximate surface area is 185 Å². The number of alkyl halides is 6. The maximum atomic E-state index is 14.0. The average molecular weight is 489 g/mol. The van der Waals surface area contributed by atoms with E-state index in [2.05, 4.69) is 9.97 Å². The third kappa shape index (κ3) is 5.44. The van der Waals surface area contributed by atoms with Gasteiger partial charge in [-0.2, -0.15) is 30.4 Å². The van der Waals surface area contributed by atoms with Crippen LogP contribution >= 0.6 is 0 Å². The summed E-state index contributed by atoms with van der Waals surface area (Å²) in [5, 5.41) is -4.72. The molecule has 0 bridgehead atoms. The molecule has 0 atom stereocenters. The summed E-state index contributed by atoms with van der Waals surface area (Å²) < 4.78 is 106. The van der Waals surface area contributed by atoms with Gasteiger partial charge in [-0.25, -0.2) is 14.4 Å². The topological polar surface area (TPSA) is 63.2 Å². The zero-order valence-electron chi connectivity index (χ0n) is 16.8. The fourth-order valence-electron chi connectivity index (χ4n) is 3.12. The van der Waals surface area contributed by atoms with Gasteiger partial charge in [-0.1, -0.05) is 30.3 Å². The minimum Gasteiger partial charge on any atom is -0.261 e. The average Bonchev–Trinajstić information content (AvgIpc) is 2.77. The summed E-state index contributed by atoms with van der Waals surface area (Å²) in [6, 6.07) is 9.94. The van der Waals surface area contributed by atoms with E-state index in [4.69, 9.17) is 0 Å². The van der Waals surface area contributed by atoms with Gasteiger partial charge in [0, 0.05) is 18.0 Å². The van der Waals surface area contributed by atoms with Crippen LogP contribution in [0.15, 0.2) is 67.3 Å². The summed E-state index contributed by atoms with van der Waals surface area (Å²) in [5.74, 6) is 0. The van der Waals surface area contributed by atoms with Gasteiger partial charge in [0.2, 0.25) is 0 Å². The van der Waals surface area contributed by atoms with Crippen molar-refractivity contribution < 1.29 is 34.8 Å². The lowest BCUT2D eigenvalue weighted by molar-refractivity contribution is -0.138. The molecule has 2 aromatic carbocycles. The summed E-state index contributed by atoms with van der Waals surface area (Å²) in [4.78, 5) is 7.40. The molecule has 176 valence electrons. The SMILES string of the molecule is O=S(=O)(N(Cc1cncnc1)c1cccc(Cc2ccccc2C(F)(F)F)c1)C(F)(F)CF. The van der Waals surface area contributed by atoms with Crippen LogP contribution < -0.4 is 4.31 Å². The Hall–Kier alpha value is -3.15. The summed E-state index contributed by atoms with van der Waals surface area (Å²) in [6.07, 6.45) is -1.30. The minimum atomic E-state index is -5.53. The first kappa shape index (κ1) is 24.5. The monoisotopic (exact) mass is 489 g/mol. The zero-order valence-corrected chi connectivity index (χ0v) is 17.6. The highest BCUT2D eigenvalue weighted by molar-refractivity contribution is 7.93. The molecule has 0 spiro atoms. The van der Waals surface area contributed by atoms with Crippen LogP contribution in [0.2, 0.25) is 0 Å². The number of hydrogen-bond donors (Lipinski definition) is 0. The quantitative estimate of drug-likeness (QED) is 0.419. The Balaban J connectivity index is 2.04. The number of anilines is 1. The van der Waals surface area contributed by atoms with Crippen molar-refractivity contribution in [2.45, 2.75) is 24.4 Å². The van der Waals surface area contributed by atoms with Crippen LogP contribution in [0.1, 0.15) is 22.3 Å². The normalized spacial score (nSPS) is 12.5. The van der Waals surface area contributed by atoms with Crippen LogP contribution in [0.5, 0.6) is 0 Å². The molecule has 3 rings (SSSR count). The molecule has 0 aliphatic rings. The van der Waals surface area contributed by atoms with Gasteiger partial charge in [-0.3, -0.25) is 4.31 Å². The lowest BCUT2D eigenvalue weighted by Gasteiger charge is -2.28. The highest BCUT2D eigenvalue weighted by Gasteiger charge is 2.49. The molecule has 33 heavy (non-hydrogen) atoms. The predicted octanol–water partition coefficient (Wildman–Crippen LogP) is 4.98. The van der Waals surface area contributed by atoms with E-state index >= 15 is 0 Å². The third-order valence-electron chi connectivity index (χ3n) is 4.68. The van der Waals surface area contributed by atoms with Gasteiger partial charge in [-0.05, 0) is 35.7 Å². The van der Waals surface area contributed by atoms with E-state index < -0.39 is 40.2 Å². The number of nitrogens with zero attached hydrogens (tertiary/aromatic N) is 3. The molecule has 1 aromatic heterocycles. The molecule has 0 aliphatic heterocycles. The number of halogens is 6. The summed E-state index contributed by atoms with van der Waals surface area (Å²) in [7, 11) is -5.53. The van der Waals surface area contributed by atoms with Gasteiger partial charge in [0.25, 0.3) is 0 Å². The highest BCUT2D eigenvalue weighted by Crippen LogP contribution is 2.35. The van der Waals surface area contributed by atoms with E-state index in [1.165, 1.54) is 54.9 Å². The molecule has 0 unspecified atom stereocenters. The van der Waals surface area contributed by atoms with Crippen LogP contribution in [0.3, 0.4) is 0 Å². The molecule has 0 N–H and O–H groups in total. The van der Waals surface area contributed by atoms with Crippen molar-refractivity contribution in [2.75, 3.05) is 11.0 Å². The molecule has 3 aromatic rings. The Bertz CT molecular complexity index is 1200. The van der Waals surface area contributed by atoms with Gasteiger partial charge >= 0.3 is 21.5 Å². The Morgan fingerprint density at radius 1 is 0.879 bits per heavy atom. The maximum Gasteiger partial charge on any atom is 0.416 e. The van der Waals surface area contributed by atoms with Crippen molar-refractivity contribution in [3.63, 3.8) is 0 Å². The fraction of sp³-hybridized carbons (Fsp3) is 0.238. The van der Waals surface area contributed by atoms with Crippen LogP contribution in [-0.2, 0) is 29.2 Å². The number of aromatic nitrogens is 2. The van der Waals surface area contributed by atoms with Crippen LogP contribution in [0.4, 0.5) is 32.0 Å². The number of sulfonamides is 1. The van der Waals surface area contributed by atoms with Crippen molar-refractivity contribution in [1.82, 2.24) is 9.97 Å². The molecule has 0 fully saturated rings. The molecule has 12 heteroatoms. The minimum absolute atomic E-state index is 0.0814. The van der Waals surface area contributed by atoms with Crippen molar-refractivity contribution in [3.8, 4) is 0 Å². The maximum absolute atomic E-state index is 14.0. The molecule has 0 amide bonds. The van der Waals surface area contributed by atoms with Gasteiger partial charge in [0.05, 0.1) is 17.8 Å². The molecular weight excluding hydrogens is 472 g/mol. The Kier molecular flexibility index (Phi) is 6.96. The van der Waals surface area contributed by atoms with E-state index in [0.717, 1.165) is 12.4 Å². The second-order valence-electron chi connectivity index (χ2n) is 7.03. The second kappa shape index (κ2) is 9.38. The van der Waals surface area contributed by atoms with E-state index in [0.29, 0.717) is 4.31 Å². The summed E-state index contributed by atoms with van der Waals surface area (Å²) in [6.45, 7) is -3.09. The molecular formula is C21H17F6N3O2S. The molecule has 0 aliphatic carbocycles. The van der Waals surface area contributed by atoms with Crippen molar-refractivity contribution in [2.24, 2.45) is 0 Å². The first-order valence-electron chi connectivity index (χ1n) is 9.40. The number of hydrogen-bond acceptors (Lipinski definition) is 4. The summed E-state index contributed by atoms with van der Waals surface area (Å²) >= 11 is 0. The van der Waals surface area contributed by atoms with Gasteiger partial charge in [0.15, 0.2) is 6.67 Å². The predicted molar refractivity (Wildman–Crippen MR) is 109 cm³/mol. The van der Waals surface area contributed by atoms with E-state index in [-0.39, 0.29) is 28.8 Å². The zero-order chi connectivity index (χ0) is 24.3. The highest BCUT2D eigenvalue weighted by atomic mass is 32.2. The summed E-state index contributed by atoms with van der Waals surface area (Å²) in [5.41, 5.74) is -0.845. The van der Waals surface area contributed by atoms with E-state index in [1.807, 2.05) is 0 Å². The largest absolute Gasteiger partial charge is 0.416 e. The van der Waals surface area contributed by atoms with Crippen LogP contribution in [0, 0.1) is 0 Å². The first-order valence-corrected chi connectivity index (χ1v) is 10.8. The van der Waals surface area contributed by atoms with Crippen LogP contribution in [0.25, 0.3) is 0 Å². The third-order valence-corrected chi connectivity index (χ3v) is 6.46. The number of rotatable bonds is 8. The molecule has 1 heterocycles. The standard InChI is InChI=1S/C21H17F6N3O2S/c22-13-20(23,24)33(31,32)30(12-16-10-28-14-29-11-16)18-6-3-4-15(9-18)8-17-5-1-2-7-19(17)21(25,26)27/h1-7,9-11,14H,8,12-13H2. The van der Waals surface area contributed by atoms with E-state index in [9.17, 15) is 34.8 Å². The molecule has 0 saturated carbocycles. The van der Waals surface area contributed by atoms with Crippen LogP contribution in [-0.4, -0.2) is 30.3 Å². The second-order valence-corrected chi connectivity index (χ2v) is 9.02. The van der Waals surface area contributed by atoms with Gasteiger partial charge < -0.3 is 0 Å². The first-order chi connectivity index (χ1) is 15.5. The van der Waals surface area contributed by atoms with Crippen molar-refractivity contribution >= 4 is 15.7 Å². The fourth-order valence-corrected chi connectivity index (χ4v) is 4.29. The molecule has 0 radical (unpaired) electrons. The van der Waals surface area contributed by atoms with Gasteiger partial charge in [0.1, 0.15) is 6.33 Å².